The molecule has 1 unspecified atom stereocenters. The third-order valence-corrected chi connectivity index (χ3v) is 4.28. The molecule has 0 spiro atoms. The lowest BCUT2D eigenvalue weighted by atomic mass is 10.1. The molecule has 9 heteroatoms. The fourth-order valence-corrected chi connectivity index (χ4v) is 2.83. The van der Waals surface area contributed by atoms with Gasteiger partial charge in [-0.1, -0.05) is 12.1 Å². The Bertz CT molecular complexity index is 934. The molecule has 0 radical (unpaired) electrons. The molecule has 2 aromatic carbocycles. The molecule has 4 amide bonds. The Morgan fingerprint density at radius 3 is 2.68 bits per heavy atom. The zero-order valence-electron chi connectivity index (χ0n) is 15.1. The number of carbonyl (C=O) groups excluding carboxylic acids is 3. The van der Waals surface area contributed by atoms with Gasteiger partial charge in [-0.25, -0.2) is 14.0 Å². The number of amides is 4. The van der Waals surface area contributed by atoms with Crippen LogP contribution in [0.25, 0.3) is 0 Å². The van der Waals surface area contributed by atoms with Crippen molar-refractivity contribution in [3.63, 3.8) is 0 Å². The highest BCUT2D eigenvalue weighted by atomic mass is 19.1. The quantitative estimate of drug-likeness (QED) is 0.733. The summed E-state index contributed by atoms with van der Waals surface area (Å²) in [5.74, 6) is -1.70. The fraction of sp³-hybridized carbons (Fsp3) is 0.211. The molecule has 1 aliphatic rings. The summed E-state index contributed by atoms with van der Waals surface area (Å²) in [6, 6.07) is 9.84. The predicted octanol–water partition coefficient (Wildman–Crippen LogP) is 2.76. The van der Waals surface area contributed by atoms with Crippen LogP contribution in [-0.4, -0.2) is 31.2 Å². The van der Waals surface area contributed by atoms with Gasteiger partial charge in [-0.2, -0.15) is 0 Å². The zero-order valence-corrected chi connectivity index (χ0v) is 15.1. The third kappa shape index (κ3) is 4.20. The lowest BCUT2D eigenvalue weighted by Crippen LogP contribution is -2.31. The molecular formula is C19H19FN4O4. The highest BCUT2D eigenvalue weighted by Crippen LogP contribution is 2.23. The molecule has 0 saturated carbocycles. The minimum Gasteiger partial charge on any atom is -0.447 e. The van der Waals surface area contributed by atoms with Gasteiger partial charge in [0.05, 0.1) is 18.2 Å². The molecule has 28 heavy (non-hydrogen) atoms. The molecule has 146 valence electrons. The number of anilines is 2. The smallest absolute Gasteiger partial charge is 0.414 e. The monoisotopic (exact) mass is 386 g/mol. The second-order valence-corrected chi connectivity index (χ2v) is 6.24. The van der Waals surface area contributed by atoms with Gasteiger partial charge in [0.1, 0.15) is 12.4 Å². The highest BCUT2D eigenvalue weighted by molar-refractivity contribution is 5.95. The Labute approximate surface area is 160 Å². The van der Waals surface area contributed by atoms with Crippen LogP contribution in [0.3, 0.4) is 0 Å². The van der Waals surface area contributed by atoms with Gasteiger partial charge in [0.2, 0.25) is 0 Å². The maximum atomic E-state index is 13.8. The van der Waals surface area contributed by atoms with Crippen LogP contribution < -0.4 is 21.3 Å². The highest BCUT2D eigenvalue weighted by Gasteiger charge is 2.24. The maximum absolute atomic E-state index is 13.8. The number of hydrogen-bond donors (Lipinski definition) is 3. The summed E-state index contributed by atoms with van der Waals surface area (Å²) in [5.41, 5.74) is 6.44. The average Bonchev–Trinajstić information content (AvgIpc) is 3.07. The van der Waals surface area contributed by atoms with E-state index in [0.29, 0.717) is 18.8 Å². The minimum atomic E-state index is -0.885. The molecule has 0 aromatic heterocycles. The number of nitrogens with one attached hydrogen (secondary N) is 2. The number of hydrogen-bond acceptors (Lipinski definition) is 4. The number of primary amides is 1. The number of benzene rings is 2. The van der Waals surface area contributed by atoms with Gasteiger partial charge < -0.3 is 21.1 Å². The van der Waals surface area contributed by atoms with Crippen LogP contribution in [0.15, 0.2) is 42.5 Å². The summed E-state index contributed by atoms with van der Waals surface area (Å²) < 4.78 is 18.7. The number of rotatable bonds is 5. The Morgan fingerprint density at radius 2 is 2.04 bits per heavy atom. The van der Waals surface area contributed by atoms with E-state index in [0.717, 1.165) is 11.6 Å². The van der Waals surface area contributed by atoms with Crippen molar-refractivity contribution in [3.8, 4) is 0 Å². The lowest BCUT2D eigenvalue weighted by Gasteiger charge is -2.18. The van der Waals surface area contributed by atoms with Crippen molar-refractivity contribution in [2.45, 2.75) is 13.0 Å². The number of nitrogens with zero attached hydrogens (tertiary/aromatic N) is 1. The topological polar surface area (TPSA) is 114 Å². The number of cyclic esters (lactones) is 1. The summed E-state index contributed by atoms with van der Waals surface area (Å²) in [5, 5.41) is 5.23. The zero-order chi connectivity index (χ0) is 20.3. The lowest BCUT2D eigenvalue weighted by molar-refractivity contribution is 0.0996. The summed E-state index contributed by atoms with van der Waals surface area (Å²) in [7, 11) is 0. The summed E-state index contributed by atoms with van der Waals surface area (Å²) in [4.78, 5) is 36.5. The van der Waals surface area contributed by atoms with Crippen LogP contribution in [0.2, 0.25) is 0 Å². The molecular weight excluding hydrogens is 367 g/mol. The SMILES string of the molecule is CC(NC(=O)Nc1ccc(C(N)=O)c(F)c1)c1cccc(N2CCOC2=O)c1. The van der Waals surface area contributed by atoms with Crippen LogP contribution >= 0.6 is 0 Å². The van der Waals surface area contributed by atoms with Crippen LogP contribution in [0.1, 0.15) is 28.9 Å². The first kappa shape index (κ1) is 19.2. The van der Waals surface area contributed by atoms with Crippen molar-refractivity contribution in [1.82, 2.24) is 5.32 Å². The Morgan fingerprint density at radius 1 is 1.25 bits per heavy atom. The Kier molecular flexibility index (Phi) is 5.44. The first-order valence-corrected chi connectivity index (χ1v) is 8.56. The van der Waals surface area contributed by atoms with Crippen LogP contribution in [-0.2, 0) is 4.74 Å². The first-order valence-electron chi connectivity index (χ1n) is 8.56. The molecule has 0 bridgehead atoms. The minimum absolute atomic E-state index is 0.181. The standard InChI is InChI=1S/C19H19FN4O4/c1-11(12-3-2-4-14(9-12)24-7-8-28-19(24)27)22-18(26)23-13-5-6-15(17(21)25)16(20)10-13/h2-6,9-11H,7-8H2,1H3,(H2,21,25)(H2,22,23,26). The van der Waals surface area contributed by atoms with Gasteiger partial charge in [-0.05, 0) is 42.8 Å². The fourth-order valence-electron chi connectivity index (χ4n) is 2.83. The van der Waals surface area contributed by atoms with Crippen molar-refractivity contribution in [1.29, 1.82) is 0 Å². The molecule has 1 fully saturated rings. The molecule has 1 heterocycles. The Balaban J connectivity index is 1.65. The van der Waals surface area contributed by atoms with E-state index < -0.39 is 23.8 Å². The molecule has 1 atom stereocenters. The largest absolute Gasteiger partial charge is 0.447 e. The van der Waals surface area contributed by atoms with Crippen molar-refractivity contribution < 1.29 is 23.5 Å². The van der Waals surface area contributed by atoms with E-state index in [-0.39, 0.29) is 17.3 Å². The number of halogens is 1. The maximum Gasteiger partial charge on any atom is 0.414 e. The van der Waals surface area contributed by atoms with Gasteiger partial charge in [0.15, 0.2) is 0 Å². The number of urea groups is 1. The van der Waals surface area contributed by atoms with Crippen molar-refractivity contribution in [2.24, 2.45) is 5.73 Å². The van der Waals surface area contributed by atoms with Crippen molar-refractivity contribution >= 4 is 29.4 Å². The van der Waals surface area contributed by atoms with Crippen molar-refractivity contribution in [3.05, 3.63) is 59.4 Å². The van der Waals surface area contributed by atoms with E-state index in [1.165, 1.54) is 17.0 Å². The van der Waals surface area contributed by atoms with Crippen LogP contribution in [0, 0.1) is 5.82 Å². The van der Waals surface area contributed by atoms with Crippen LogP contribution in [0.5, 0.6) is 0 Å². The average molecular weight is 386 g/mol. The van der Waals surface area contributed by atoms with Gasteiger partial charge in [0, 0.05) is 11.4 Å². The second kappa shape index (κ2) is 7.95. The van der Waals surface area contributed by atoms with E-state index >= 15 is 0 Å². The van der Waals surface area contributed by atoms with Gasteiger partial charge in [0.25, 0.3) is 5.91 Å². The number of ether oxygens (including phenoxy) is 1. The van der Waals surface area contributed by atoms with Crippen molar-refractivity contribution in [2.75, 3.05) is 23.4 Å². The van der Waals surface area contributed by atoms with E-state index in [1.54, 1.807) is 25.1 Å². The van der Waals surface area contributed by atoms with E-state index in [4.69, 9.17) is 10.5 Å². The third-order valence-electron chi connectivity index (χ3n) is 4.28. The molecule has 0 aliphatic carbocycles. The number of carbonyl (C=O) groups is 3. The normalized spacial score (nSPS) is 14.4. The number of nitrogens with two attached hydrogens (primary N) is 1. The van der Waals surface area contributed by atoms with E-state index in [9.17, 15) is 18.8 Å². The van der Waals surface area contributed by atoms with Crippen LogP contribution in [0.4, 0.5) is 25.4 Å². The Hall–Kier alpha value is -3.62. The van der Waals surface area contributed by atoms with E-state index in [2.05, 4.69) is 10.6 Å². The predicted molar refractivity (Wildman–Crippen MR) is 101 cm³/mol. The molecule has 4 N–H and O–H groups in total. The molecule has 8 nitrogen and oxygen atoms in total. The van der Waals surface area contributed by atoms with Gasteiger partial charge in [-0.15, -0.1) is 0 Å². The first-order chi connectivity index (χ1) is 13.3. The van der Waals surface area contributed by atoms with E-state index in [1.807, 2.05) is 6.07 Å². The van der Waals surface area contributed by atoms with Gasteiger partial charge >= 0.3 is 12.1 Å². The second-order valence-electron chi connectivity index (χ2n) is 6.24. The summed E-state index contributed by atoms with van der Waals surface area (Å²) in [6.45, 7) is 2.58. The van der Waals surface area contributed by atoms with Gasteiger partial charge in [-0.3, -0.25) is 9.69 Å². The molecule has 1 saturated heterocycles. The molecule has 1 aliphatic heterocycles. The summed E-state index contributed by atoms with van der Waals surface area (Å²) in [6.07, 6.45) is -0.406. The summed E-state index contributed by atoms with van der Waals surface area (Å²) >= 11 is 0. The molecule has 3 rings (SSSR count). The molecule has 2 aromatic rings.